The van der Waals surface area contributed by atoms with Crippen LogP contribution >= 0.6 is 0 Å². The monoisotopic (exact) mass is 406 g/mol. The van der Waals surface area contributed by atoms with Crippen molar-refractivity contribution in [3.8, 4) is 11.5 Å². The molecule has 2 aromatic rings. The number of nitrogens with one attached hydrogen (secondary N) is 1. The third kappa shape index (κ3) is 4.82. The Labute approximate surface area is 176 Å². The molecule has 0 aromatic heterocycles. The summed E-state index contributed by atoms with van der Waals surface area (Å²) in [6.07, 6.45) is 7.85. The van der Waals surface area contributed by atoms with Crippen molar-refractivity contribution in [3.63, 3.8) is 0 Å². The molecule has 2 amide bonds. The van der Waals surface area contributed by atoms with Crippen molar-refractivity contribution in [2.24, 2.45) is 0 Å². The fraction of sp³-hybridized carbons (Fsp3) is 0.333. The summed E-state index contributed by atoms with van der Waals surface area (Å²) in [4.78, 5) is 26.2. The van der Waals surface area contributed by atoms with E-state index in [9.17, 15) is 9.59 Å². The Morgan fingerprint density at radius 2 is 1.80 bits per heavy atom. The predicted octanol–water partition coefficient (Wildman–Crippen LogP) is 4.36. The van der Waals surface area contributed by atoms with E-state index >= 15 is 0 Å². The average molecular weight is 406 g/mol. The van der Waals surface area contributed by atoms with Gasteiger partial charge in [0.05, 0.1) is 0 Å². The van der Waals surface area contributed by atoms with Crippen LogP contribution in [0.5, 0.6) is 11.5 Å². The lowest BCUT2D eigenvalue weighted by molar-refractivity contribution is -0.128. The lowest BCUT2D eigenvalue weighted by Gasteiger charge is -2.28. The van der Waals surface area contributed by atoms with Gasteiger partial charge >= 0.3 is 0 Å². The summed E-state index contributed by atoms with van der Waals surface area (Å²) < 4.78 is 10.9. The number of nitrogens with zero attached hydrogens (tertiary/aromatic N) is 1. The minimum absolute atomic E-state index is 0.00510. The molecule has 2 aromatic carbocycles. The Balaban J connectivity index is 1.47. The van der Waals surface area contributed by atoms with Gasteiger partial charge in [-0.25, -0.2) is 0 Å². The molecule has 4 rings (SSSR count). The highest BCUT2D eigenvalue weighted by Gasteiger charge is 2.26. The van der Waals surface area contributed by atoms with Gasteiger partial charge in [-0.3, -0.25) is 9.59 Å². The zero-order valence-corrected chi connectivity index (χ0v) is 17.1. The van der Waals surface area contributed by atoms with Crippen LogP contribution in [0.2, 0.25) is 0 Å². The van der Waals surface area contributed by atoms with Crippen LogP contribution in [-0.4, -0.2) is 29.5 Å². The summed E-state index contributed by atoms with van der Waals surface area (Å²) in [5, 5.41) is 2.74. The molecular formula is C24H26N2O4. The van der Waals surface area contributed by atoms with Gasteiger partial charge in [0.2, 0.25) is 18.6 Å². The first kappa shape index (κ1) is 20.0. The molecular weight excluding hydrogens is 380 g/mol. The van der Waals surface area contributed by atoms with Crippen molar-refractivity contribution in [3.05, 3.63) is 59.7 Å². The van der Waals surface area contributed by atoms with Crippen LogP contribution in [0, 0.1) is 0 Å². The largest absolute Gasteiger partial charge is 0.454 e. The van der Waals surface area contributed by atoms with Crippen molar-refractivity contribution >= 4 is 23.6 Å². The highest BCUT2D eigenvalue weighted by molar-refractivity contribution is 5.92. The second-order valence-electron chi connectivity index (χ2n) is 7.73. The first-order valence-electron chi connectivity index (χ1n) is 10.3. The van der Waals surface area contributed by atoms with Crippen LogP contribution in [0.4, 0.5) is 5.69 Å². The van der Waals surface area contributed by atoms with Gasteiger partial charge < -0.3 is 19.7 Å². The molecule has 156 valence electrons. The molecule has 0 radical (unpaired) electrons. The quantitative estimate of drug-likeness (QED) is 0.724. The fourth-order valence-corrected chi connectivity index (χ4v) is 3.98. The maximum Gasteiger partial charge on any atom is 0.247 e. The molecule has 1 saturated carbocycles. The molecule has 1 aliphatic carbocycles. The Kier molecular flexibility index (Phi) is 6.02. The van der Waals surface area contributed by atoms with Crippen LogP contribution < -0.4 is 14.8 Å². The summed E-state index contributed by atoms with van der Waals surface area (Å²) in [7, 11) is 0. The van der Waals surface area contributed by atoms with E-state index in [0.29, 0.717) is 6.54 Å². The maximum atomic E-state index is 13.1. The van der Waals surface area contributed by atoms with Crippen molar-refractivity contribution < 1.29 is 19.1 Å². The zero-order chi connectivity index (χ0) is 20.9. The molecule has 0 atom stereocenters. The van der Waals surface area contributed by atoms with E-state index in [4.69, 9.17) is 9.47 Å². The van der Waals surface area contributed by atoms with E-state index in [1.54, 1.807) is 6.08 Å². The average Bonchev–Trinajstić information content (AvgIpc) is 3.42. The SMILES string of the molecule is CC(=O)Nc1ccc(/C=C/C(=O)N(Cc2ccc3c(c2)OCO3)C2CCCC2)cc1. The summed E-state index contributed by atoms with van der Waals surface area (Å²) in [6, 6.07) is 13.5. The minimum atomic E-state index is -0.107. The number of fused-ring (bicyclic) bond motifs is 1. The second-order valence-corrected chi connectivity index (χ2v) is 7.73. The molecule has 30 heavy (non-hydrogen) atoms. The minimum Gasteiger partial charge on any atom is -0.454 e. The Morgan fingerprint density at radius 3 is 2.53 bits per heavy atom. The van der Waals surface area contributed by atoms with Gasteiger partial charge in [0.15, 0.2) is 11.5 Å². The summed E-state index contributed by atoms with van der Waals surface area (Å²) in [5.41, 5.74) is 2.68. The Bertz CT molecular complexity index is 946. The molecule has 0 bridgehead atoms. The standard InChI is InChI=1S/C24H26N2O4/c1-17(27)25-20-10-6-18(7-11-20)9-13-24(28)26(21-4-2-3-5-21)15-19-8-12-22-23(14-19)30-16-29-22/h6-14,21H,2-5,15-16H2,1H3,(H,25,27)/b13-9+. The van der Waals surface area contributed by atoms with Crippen molar-refractivity contribution in [1.82, 2.24) is 4.90 Å². The third-order valence-corrected chi connectivity index (χ3v) is 5.49. The van der Waals surface area contributed by atoms with Crippen LogP contribution in [0.1, 0.15) is 43.7 Å². The number of anilines is 1. The van der Waals surface area contributed by atoms with Gasteiger partial charge in [-0.15, -0.1) is 0 Å². The normalized spacial score (nSPS) is 15.5. The third-order valence-electron chi connectivity index (χ3n) is 5.49. The molecule has 2 aliphatic rings. The number of ether oxygens (including phenoxy) is 2. The first-order valence-corrected chi connectivity index (χ1v) is 10.3. The maximum absolute atomic E-state index is 13.1. The van der Waals surface area contributed by atoms with E-state index in [1.165, 1.54) is 6.92 Å². The van der Waals surface area contributed by atoms with Gasteiger partial charge in [-0.2, -0.15) is 0 Å². The molecule has 0 saturated heterocycles. The molecule has 1 aliphatic heterocycles. The van der Waals surface area contributed by atoms with E-state index in [1.807, 2.05) is 53.4 Å². The summed E-state index contributed by atoms with van der Waals surface area (Å²) >= 11 is 0. The molecule has 6 nitrogen and oxygen atoms in total. The summed E-state index contributed by atoms with van der Waals surface area (Å²) in [5.74, 6) is 1.39. The molecule has 1 N–H and O–H groups in total. The van der Waals surface area contributed by atoms with E-state index in [0.717, 1.165) is 54.0 Å². The molecule has 0 unspecified atom stereocenters. The lowest BCUT2D eigenvalue weighted by Crippen LogP contribution is -2.37. The Hall–Kier alpha value is -3.28. The summed E-state index contributed by atoms with van der Waals surface area (Å²) in [6.45, 7) is 2.27. The highest BCUT2D eigenvalue weighted by atomic mass is 16.7. The van der Waals surface area contributed by atoms with Gasteiger partial charge in [0.25, 0.3) is 0 Å². The molecule has 6 heteroatoms. The number of carbonyl (C=O) groups is 2. The van der Waals surface area contributed by atoms with Gasteiger partial charge in [-0.1, -0.05) is 31.0 Å². The Morgan fingerprint density at radius 1 is 1.07 bits per heavy atom. The lowest BCUT2D eigenvalue weighted by atomic mass is 10.1. The van der Waals surface area contributed by atoms with Gasteiger partial charge in [-0.05, 0) is 54.3 Å². The van der Waals surface area contributed by atoms with Crippen LogP contribution in [0.3, 0.4) is 0 Å². The molecule has 1 fully saturated rings. The number of benzene rings is 2. The fourth-order valence-electron chi connectivity index (χ4n) is 3.98. The van der Waals surface area contributed by atoms with Crippen molar-refractivity contribution in [2.45, 2.75) is 45.2 Å². The van der Waals surface area contributed by atoms with Gasteiger partial charge in [0.1, 0.15) is 0 Å². The number of hydrogen-bond donors (Lipinski definition) is 1. The highest BCUT2D eigenvalue weighted by Crippen LogP contribution is 2.33. The molecule has 0 spiro atoms. The van der Waals surface area contributed by atoms with E-state index in [2.05, 4.69) is 5.32 Å². The smallest absolute Gasteiger partial charge is 0.247 e. The van der Waals surface area contributed by atoms with Gasteiger partial charge in [0, 0.05) is 31.3 Å². The predicted molar refractivity (Wildman–Crippen MR) is 115 cm³/mol. The first-order chi connectivity index (χ1) is 14.6. The second kappa shape index (κ2) is 9.03. The number of rotatable bonds is 6. The zero-order valence-electron chi connectivity index (χ0n) is 17.1. The van der Waals surface area contributed by atoms with E-state index < -0.39 is 0 Å². The van der Waals surface area contributed by atoms with E-state index in [-0.39, 0.29) is 24.6 Å². The van der Waals surface area contributed by atoms with Crippen LogP contribution in [0.25, 0.3) is 6.08 Å². The van der Waals surface area contributed by atoms with Crippen molar-refractivity contribution in [2.75, 3.05) is 12.1 Å². The van der Waals surface area contributed by atoms with Crippen LogP contribution in [-0.2, 0) is 16.1 Å². The number of hydrogen-bond acceptors (Lipinski definition) is 4. The molecule has 1 heterocycles. The number of amides is 2. The van der Waals surface area contributed by atoms with Crippen LogP contribution in [0.15, 0.2) is 48.5 Å². The van der Waals surface area contributed by atoms with Crippen molar-refractivity contribution in [1.29, 1.82) is 0 Å². The topological polar surface area (TPSA) is 67.9 Å². The number of carbonyl (C=O) groups excluding carboxylic acids is 2.